The summed E-state index contributed by atoms with van der Waals surface area (Å²) in [6.45, 7) is -1.34. The van der Waals surface area contributed by atoms with Crippen LogP contribution in [0.1, 0.15) is 17.5 Å². The van der Waals surface area contributed by atoms with Gasteiger partial charge in [0.25, 0.3) is 0 Å². The minimum absolute atomic E-state index is 0.00280. The molecule has 0 saturated carbocycles. The zero-order valence-corrected chi connectivity index (χ0v) is 15.3. The number of pyridine rings is 1. The van der Waals surface area contributed by atoms with Gasteiger partial charge < -0.3 is 19.5 Å². The Balaban J connectivity index is 1.64. The Labute approximate surface area is 165 Å². The molecule has 1 aliphatic rings. The number of alkyl halides is 2. The second-order valence-corrected chi connectivity index (χ2v) is 6.40. The Morgan fingerprint density at radius 2 is 1.97 bits per heavy atom. The molecule has 0 unspecified atom stereocenters. The van der Waals surface area contributed by atoms with E-state index in [9.17, 15) is 14.0 Å². The molecule has 0 radical (unpaired) electrons. The molecule has 148 valence electrons. The van der Waals surface area contributed by atoms with Crippen LogP contribution in [0, 0.1) is 11.3 Å². The Morgan fingerprint density at radius 1 is 1.14 bits per heavy atom. The molecule has 0 aliphatic carbocycles. The number of ether oxygens (including phenoxy) is 3. The lowest BCUT2D eigenvalue weighted by Crippen LogP contribution is -2.05. The van der Waals surface area contributed by atoms with Crippen molar-refractivity contribution >= 4 is 16.6 Å². The van der Waals surface area contributed by atoms with E-state index in [4.69, 9.17) is 9.47 Å². The third kappa shape index (κ3) is 4.14. The van der Waals surface area contributed by atoms with Crippen LogP contribution in [0.5, 0.6) is 17.2 Å². The molecule has 2 heterocycles. The van der Waals surface area contributed by atoms with Crippen molar-refractivity contribution in [3.63, 3.8) is 0 Å². The monoisotopic (exact) mass is 397 g/mol. The molecule has 8 heteroatoms. The van der Waals surface area contributed by atoms with Crippen molar-refractivity contribution in [2.45, 2.75) is 19.6 Å². The van der Waals surface area contributed by atoms with Crippen LogP contribution < -0.4 is 19.5 Å². The molecule has 3 aromatic rings. The molecule has 0 bridgehead atoms. The number of aromatic nitrogens is 1. The zero-order chi connectivity index (χ0) is 20.2. The number of hydrogen-bond donors (Lipinski definition) is 1. The average molecular weight is 397 g/mol. The summed E-state index contributed by atoms with van der Waals surface area (Å²) < 4.78 is 41.0. The quantitative estimate of drug-likeness (QED) is 0.684. The first-order chi connectivity index (χ1) is 14.1. The predicted octanol–water partition coefficient (Wildman–Crippen LogP) is 4.48. The van der Waals surface area contributed by atoms with Gasteiger partial charge >= 0.3 is 6.61 Å². The van der Waals surface area contributed by atoms with Crippen LogP contribution in [-0.4, -0.2) is 24.8 Å². The van der Waals surface area contributed by atoms with Crippen LogP contribution in [0.4, 0.5) is 14.5 Å². The maximum atomic E-state index is 12.6. The summed E-state index contributed by atoms with van der Waals surface area (Å²) in [6.07, 6.45) is 2.27. The molecule has 4 rings (SSSR count). The number of hydrogen-bond acceptors (Lipinski definition) is 6. The van der Waals surface area contributed by atoms with Crippen LogP contribution in [0.2, 0.25) is 0 Å². The maximum absolute atomic E-state index is 12.6. The summed E-state index contributed by atoms with van der Waals surface area (Å²) in [5.41, 5.74) is 2.29. The molecular weight excluding hydrogens is 380 g/mol. The maximum Gasteiger partial charge on any atom is 0.387 e. The van der Waals surface area contributed by atoms with Crippen LogP contribution in [0.15, 0.2) is 42.6 Å². The SMILES string of the molecule is N#Cc1cnc2ccc(OC(F)F)cc2c1NCc1ccc2c(c1)OCCCO2. The summed E-state index contributed by atoms with van der Waals surface area (Å²) in [6, 6.07) is 12.2. The molecule has 0 atom stereocenters. The first kappa shape index (κ1) is 18.7. The van der Waals surface area contributed by atoms with E-state index in [0.717, 1.165) is 12.0 Å². The molecule has 1 N–H and O–H groups in total. The Morgan fingerprint density at radius 3 is 2.76 bits per heavy atom. The minimum atomic E-state index is -2.93. The smallest absolute Gasteiger partial charge is 0.387 e. The van der Waals surface area contributed by atoms with Gasteiger partial charge in [0.05, 0.1) is 30.0 Å². The number of halogens is 2. The zero-order valence-electron chi connectivity index (χ0n) is 15.3. The van der Waals surface area contributed by atoms with Gasteiger partial charge in [0.2, 0.25) is 0 Å². The summed E-state index contributed by atoms with van der Waals surface area (Å²) in [7, 11) is 0. The molecule has 29 heavy (non-hydrogen) atoms. The van der Waals surface area contributed by atoms with E-state index in [-0.39, 0.29) is 5.75 Å². The number of nitrogens with one attached hydrogen (secondary N) is 1. The molecule has 1 aliphatic heterocycles. The highest BCUT2D eigenvalue weighted by molar-refractivity contribution is 5.94. The number of anilines is 1. The van der Waals surface area contributed by atoms with Gasteiger partial charge in [-0.2, -0.15) is 14.0 Å². The van der Waals surface area contributed by atoms with Gasteiger partial charge in [-0.15, -0.1) is 0 Å². The van der Waals surface area contributed by atoms with Gasteiger partial charge in [-0.1, -0.05) is 6.07 Å². The van der Waals surface area contributed by atoms with Crippen molar-refractivity contribution in [2.24, 2.45) is 0 Å². The van der Waals surface area contributed by atoms with Gasteiger partial charge in [0, 0.05) is 24.5 Å². The van der Waals surface area contributed by atoms with Crippen molar-refractivity contribution in [3.8, 4) is 23.3 Å². The molecule has 0 fully saturated rings. The standard InChI is InChI=1S/C21H17F2N3O3/c22-21(23)29-15-3-4-17-16(9-15)20(14(10-24)12-25-17)26-11-13-2-5-18-19(8-13)28-7-1-6-27-18/h2-5,8-9,12,21H,1,6-7,11H2,(H,25,26). The van der Waals surface area contributed by atoms with Crippen LogP contribution in [0.25, 0.3) is 10.9 Å². The lowest BCUT2D eigenvalue weighted by Gasteiger charge is -2.14. The second kappa shape index (κ2) is 8.19. The fourth-order valence-corrected chi connectivity index (χ4v) is 3.13. The summed E-state index contributed by atoms with van der Waals surface area (Å²) >= 11 is 0. The topological polar surface area (TPSA) is 76.4 Å². The summed E-state index contributed by atoms with van der Waals surface area (Å²) in [5, 5.41) is 13.2. The first-order valence-electron chi connectivity index (χ1n) is 9.04. The third-order valence-corrected chi connectivity index (χ3v) is 4.47. The Hall–Kier alpha value is -3.60. The van der Waals surface area contributed by atoms with Gasteiger partial charge in [0.15, 0.2) is 11.5 Å². The van der Waals surface area contributed by atoms with Crippen molar-refractivity contribution in [1.29, 1.82) is 5.26 Å². The highest BCUT2D eigenvalue weighted by atomic mass is 19.3. The van der Waals surface area contributed by atoms with Crippen LogP contribution in [0.3, 0.4) is 0 Å². The van der Waals surface area contributed by atoms with E-state index in [1.54, 1.807) is 6.07 Å². The van der Waals surface area contributed by atoms with E-state index < -0.39 is 6.61 Å². The number of fused-ring (bicyclic) bond motifs is 2. The van der Waals surface area contributed by atoms with E-state index >= 15 is 0 Å². The van der Waals surface area contributed by atoms with Crippen molar-refractivity contribution < 1.29 is 23.0 Å². The molecule has 6 nitrogen and oxygen atoms in total. The highest BCUT2D eigenvalue weighted by Crippen LogP contribution is 2.32. The fourth-order valence-electron chi connectivity index (χ4n) is 3.13. The number of nitriles is 1. The molecule has 0 spiro atoms. The van der Waals surface area contributed by atoms with Crippen LogP contribution in [-0.2, 0) is 6.54 Å². The van der Waals surface area contributed by atoms with Gasteiger partial charge in [-0.05, 0) is 35.9 Å². The fraction of sp³-hybridized carbons (Fsp3) is 0.238. The minimum Gasteiger partial charge on any atom is -0.490 e. The van der Waals surface area contributed by atoms with Crippen molar-refractivity contribution in [1.82, 2.24) is 4.98 Å². The highest BCUT2D eigenvalue weighted by Gasteiger charge is 2.14. The first-order valence-corrected chi connectivity index (χ1v) is 9.04. The van der Waals surface area contributed by atoms with Gasteiger partial charge in [0.1, 0.15) is 11.8 Å². The lowest BCUT2D eigenvalue weighted by molar-refractivity contribution is -0.0497. The van der Waals surface area contributed by atoms with E-state index in [1.807, 2.05) is 18.2 Å². The lowest BCUT2D eigenvalue weighted by atomic mass is 10.1. The summed E-state index contributed by atoms with van der Waals surface area (Å²) in [5.74, 6) is 1.38. The largest absolute Gasteiger partial charge is 0.490 e. The summed E-state index contributed by atoms with van der Waals surface area (Å²) in [4.78, 5) is 4.21. The Bertz CT molecular complexity index is 1080. The number of benzene rings is 2. The molecular formula is C21H17F2N3O3. The van der Waals surface area contributed by atoms with Gasteiger partial charge in [-0.25, -0.2) is 0 Å². The number of rotatable bonds is 5. The van der Waals surface area contributed by atoms with E-state index in [2.05, 4.69) is 21.1 Å². The average Bonchev–Trinajstić information content (AvgIpc) is 2.96. The number of nitrogens with zero attached hydrogens (tertiary/aromatic N) is 2. The van der Waals surface area contributed by atoms with Crippen molar-refractivity contribution in [3.05, 3.63) is 53.7 Å². The Kier molecular flexibility index (Phi) is 5.29. The predicted molar refractivity (Wildman–Crippen MR) is 102 cm³/mol. The normalized spacial score (nSPS) is 13.0. The van der Waals surface area contributed by atoms with E-state index in [1.165, 1.54) is 18.3 Å². The molecule has 0 saturated heterocycles. The molecule has 0 amide bonds. The third-order valence-electron chi connectivity index (χ3n) is 4.47. The van der Waals surface area contributed by atoms with E-state index in [0.29, 0.717) is 53.4 Å². The second-order valence-electron chi connectivity index (χ2n) is 6.40. The molecule has 1 aromatic heterocycles. The van der Waals surface area contributed by atoms with Crippen LogP contribution >= 0.6 is 0 Å². The van der Waals surface area contributed by atoms with Gasteiger partial charge in [-0.3, -0.25) is 4.98 Å². The van der Waals surface area contributed by atoms with Crippen molar-refractivity contribution in [2.75, 3.05) is 18.5 Å². The molecule has 2 aromatic carbocycles.